The van der Waals surface area contributed by atoms with Crippen LogP contribution in [0.25, 0.3) is 0 Å². The lowest BCUT2D eigenvalue weighted by molar-refractivity contribution is 0.145. The molecule has 0 aromatic heterocycles. The number of para-hydroxylation sites is 1. The molecule has 0 atom stereocenters. The number of piperazine rings is 1. The monoisotopic (exact) mass is 293 g/mol. The summed E-state index contributed by atoms with van der Waals surface area (Å²) in [6.45, 7) is 6.41. The molecule has 0 saturated carbocycles. The highest BCUT2D eigenvalue weighted by molar-refractivity contribution is 7.80. The molecule has 20 heavy (non-hydrogen) atoms. The van der Waals surface area contributed by atoms with Crippen LogP contribution < -0.4 is 10.5 Å². The standard InChI is InChI=1S/C15H23N3OS/c1-17-8-10-18(11-9-17)7-4-12-19-14-6-3-2-5-13(14)15(16)20/h2-3,5-6H,4,7-12H2,1H3,(H2,16,20). The Morgan fingerprint density at radius 1 is 1.25 bits per heavy atom. The van der Waals surface area contributed by atoms with Gasteiger partial charge in [0.2, 0.25) is 0 Å². The molecule has 110 valence electrons. The van der Waals surface area contributed by atoms with Crippen LogP contribution in [0.4, 0.5) is 0 Å². The molecule has 1 aliphatic rings. The summed E-state index contributed by atoms with van der Waals surface area (Å²) >= 11 is 5.03. The minimum Gasteiger partial charge on any atom is -0.493 e. The molecule has 2 rings (SSSR count). The van der Waals surface area contributed by atoms with Crippen LogP contribution in [-0.2, 0) is 0 Å². The van der Waals surface area contributed by atoms with Crippen molar-refractivity contribution in [2.45, 2.75) is 6.42 Å². The van der Waals surface area contributed by atoms with Gasteiger partial charge in [0.15, 0.2) is 0 Å². The summed E-state index contributed by atoms with van der Waals surface area (Å²) in [5.74, 6) is 0.790. The summed E-state index contributed by atoms with van der Waals surface area (Å²) in [6.07, 6.45) is 1.02. The second kappa shape index (κ2) is 7.57. The molecule has 5 heteroatoms. The first-order valence-corrected chi connectivity index (χ1v) is 7.50. The van der Waals surface area contributed by atoms with Crippen molar-refractivity contribution in [3.8, 4) is 5.75 Å². The molecule has 1 saturated heterocycles. The minimum absolute atomic E-state index is 0.389. The van der Waals surface area contributed by atoms with Gasteiger partial charge in [-0.3, -0.25) is 0 Å². The Bertz CT molecular complexity index is 444. The van der Waals surface area contributed by atoms with Gasteiger partial charge in [-0.15, -0.1) is 0 Å². The van der Waals surface area contributed by atoms with Crippen LogP contribution >= 0.6 is 12.2 Å². The third-order valence-corrected chi connectivity index (χ3v) is 3.84. The molecule has 0 amide bonds. The molecule has 0 spiro atoms. The number of thiocarbonyl (C=S) groups is 1. The maximum atomic E-state index is 5.81. The van der Waals surface area contributed by atoms with Crippen molar-refractivity contribution in [3.05, 3.63) is 29.8 Å². The lowest BCUT2D eigenvalue weighted by Crippen LogP contribution is -2.44. The van der Waals surface area contributed by atoms with E-state index >= 15 is 0 Å². The van der Waals surface area contributed by atoms with Crippen molar-refractivity contribution in [3.63, 3.8) is 0 Å². The van der Waals surface area contributed by atoms with Crippen LogP contribution in [0, 0.1) is 0 Å². The van der Waals surface area contributed by atoms with Crippen LogP contribution in [-0.4, -0.2) is 61.2 Å². The van der Waals surface area contributed by atoms with E-state index in [0.29, 0.717) is 11.6 Å². The number of rotatable bonds is 6. The molecular formula is C15H23N3OS. The number of ether oxygens (including phenoxy) is 1. The topological polar surface area (TPSA) is 41.7 Å². The zero-order valence-corrected chi connectivity index (χ0v) is 12.9. The van der Waals surface area contributed by atoms with E-state index in [2.05, 4.69) is 16.8 Å². The van der Waals surface area contributed by atoms with Gasteiger partial charge < -0.3 is 20.3 Å². The Labute approximate surface area is 126 Å². The smallest absolute Gasteiger partial charge is 0.129 e. The van der Waals surface area contributed by atoms with Crippen molar-refractivity contribution in [2.75, 3.05) is 46.4 Å². The first-order chi connectivity index (χ1) is 9.66. The van der Waals surface area contributed by atoms with Gasteiger partial charge in [-0.25, -0.2) is 0 Å². The Morgan fingerprint density at radius 3 is 2.65 bits per heavy atom. The summed E-state index contributed by atoms with van der Waals surface area (Å²) in [5, 5.41) is 0. The number of benzene rings is 1. The molecular weight excluding hydrogens is 270 g/mol. The van der Waals surface area contributed by atoms with Crippen molar-refractivity contribution in [1.29, 1.82) is 0 Å². The summed E-state index contributed by atoms with van der Waals surface area (Å²) < 4.78 is 5.81. The Kier molecular flexibility index (Phi) is 5.76. The number of nitrogens with two attached hydrogens (primary N) is 1. The number of likely N-dealkylation sites (N-methyl/N-ethyl adjacent to an activating group) is 1. The van der Waals surface area contributed by atoms with E-state index in [9.17, 15) is 0 Å². The predicted octanol–water partition coefficient (Wildman–Crippen LogP) is 1.34. The van der Waals surface area contributed by atoms with Crippen LogP contribution in [0.1, 0.15) is 12.0 Å². The fraction of sp³-hybridized carbons (Fsp3) is 0.533. The minimum atomic E-state index is 0.389. The largest absolute Gasteiger partial charge is 0.493 e. The third-order valence-electron chi connectivity index (χ3n) is 3.62. The van der Waals surface area contributed by atoms with Crippen LogP contribution in [0.15, 0.2) is 24.3 Å². The van der Waals surface area contributed by atoms with E-state index in [0.717, 1.165) is 50.5 Å². The fourth-order valence-electron chi connectivity index (χ4n) is 2.34. The van der Waals surface area contributed by atoms with Gasteiger partial charge in [-0.2, -0.15) is 0 Å². The van der Waals surface area contributed by atoms with E-state index in [4.69, 9.17) is 22.7 Å². The van der Waals surface area contributed by atoms with Gasteiger partial charge in [0.1, 0.15) is 10.7 Å². The number of hydrogen-bond donors (Lipinski definition) is 1. The SMILES string of the molecule is CN1CCN(CCCOc2ccccc2C(N)=S)CC1. The van der Waals surface area contributed by atoms with Gasteiger partial charge in [0.05, 0.1) is 12.2 Å². The Morgan fingerprint density at radius 2 is 1.95 bits per heavy atom. The quantitative estimate of drug-likeness (QED) is 0.633. The fourth-order valence-corrected chi connectivity index (χ4v) is 2.51. The highest BCUT2D eigenvalue weighted by Crippen LogP contribution is 2.17. The van der Waals surface area contributed by atoms with Crippen molar-refractivity contribution in [2.24, 2.45) is 5.73 Å². The van der Waals surface area contributed by atoms with E-state index in [1.165, 1.54) is 0 Å². The summed E-state index contributed by atoms with van der Waals surface area (Å²) in [7, 11) is 2.17. The number of nitrogens with zero attached hydrogens (tertiary/aromatic N) is 2. The van der Waals surface area contributed by atoms with Crippen molar-refractivity contribution in [1.82, 2.24) is 9.80 Å². The molecule has 2 N–H and O–H groups in total. The van der Waals surface area contributed by atoms with E-state index in [1.54, 1.807) is 0 Å². The molecule has 0 aliphatic carbocycles. The Balaban J connectivity index is 1.72. The first kappa shape index (κ1) is 15.2. The number of hydrogen-bond acceptors (Lipinski definition) is 4. The maximum Gasteiger partial charge on any atom is 0.129 e. The summed E-state index contributed by atoms with van der Waals surface area (Å²) in [5.41, 5.74) is 6.51. The van der Waals surface area contributed by atoms with Gasteiger partial charge in [-0.1, -0.05) is 24.4 Å². The zero-order valence-electron chi connectivity index (χ0n) is 12.0. The molecule has 1 aromatic carbocycles. The second-order valence-corrected chi connectivity index (χ2v) is 5.65. The van der Waals surface area contributed by atoms with Gasteiger partial charge in [-0.05, 0) is 25.6 Å². The van der Waals surface area contributed by atoms with E-state index in [-0.39, 0.29) is 0 Å². The average Bonchev–Trinajstić information content (AvgIpc) is 2.46. The molecule has 1 heterocycles. The first-order valence-electron chi connectivity index (χ1n) is 7.09. The van der Waals surface area contributed by atoms with Gasteiger partial charge in [0, 0.05) is 32.7 Å². The van der Waals surface area contributed by atoms with Crippen LogP contribution in [0.3, 0.4) is 0 Å². The second-order valence-electron chi connectivity index (χ2n) is 5.21. The van der Waals surface area contributed by atoms with Crippen LogP contribution in [0.2, 0.25) is 0 Å². The maximum absolute atomic E-state index is 5.81. The lowest BCUT2D eigenvalue weighted by Gasteiger charge is -2.32. The molecule has 0 radical (unpaired) electrons. The zero-order chi connectivity index (χ0) is 14.4. The molecule has 0 bridgehead atoms. The normalized spacial score (nSPS) is 17.1. The average molecular weight is 293 g/mol. The van der Waals surface area contributed by atoms with Crippen molar-refractivity contribution >= 4 is 17.2 Å². The van der Waals surface area contributed by atoms with Gasteiger partial charge >= 0.3 is 0 Å². The Hall–Kier alpha value is -1.17. The molecule has 1 aromatic rings. The molecule has 0 unspecified atom stereocenters. The summed E-state index contributed by atoms with van der Waals surface area (Å²) in [6, 6.07) is 7.69. The molecule has 1 aliphatic heterocycles. The van der Waals surface area contributed by atoms with Crippen molar-refractivity contribution < 1.29 is 4.74 Å². The lowest BCUT2D eigenvalue weighted by atomic mass is 10.2. The predicted molar refractivity (Wildman–Crippen MR) is 86.4 cm³/mol. The highest BCUT2D eigenvalue weighted by atomic mass is 32.1. The third kappa shape index (κ3) is 4.44. The molecule has 4 nitrogen and oxygen atoms in total. The molecule has 1 fully saturated rings. The van der Waals surface area contributed by atoms with Crippen LogP contribution in [0.5, 0.6) is 5.75 Å². The summed E-state index contributed by atoms with van der Waals surface area (Å²) in [4.78, 5) is 5.24. The highest BCUT2D eigenvalue weighted by Gasteiger charge is 2.13. The van der Waals surface area contributed by atoms with Gasteiger partial charge in [0.25, 0.3) is 0 Å². The van der Waals surface area contributed by atoms with E-state index < -0.39 is 0 Å². The van der Waals surface area contributed by atoms with E-state index in [1.807, 2.05) is 24.3 Å².